The lowest BCUT2D eigenvalue weighted by molar-refractivity contribution is 0.616. The van der Waals surface area contributed by atoms with E-state index in [-0.39, 0.29) is 0 Å². The molecule has 0 amide bonds. The van der Waals surface area contributed by atoms with Crippen molar-refractivity contribution in [2.45, 2.75) is 6.54 Å². The summed E-state index contributed by atoms with van der Waals surface area (Å²) in [6.45, 7) is 0.565. The first kappa shape index (κ1) is 13.6. The highest BCUT2D eigenvalue weighted by Gasteiger charge is 2.19. The second-order valence-electron chi connectivity index (χ2n) is 5.84. The van der Waals surface area contributed by atoms with Gasteiger partial charge in [-0.3, -0.25) is 4.99 Å². The maximum atomic E-state index is 6.41. The third kappa shape index (κ3) is 1.95. The summed E-state index contributed by atoms with van der Waals surface area (Å²) in [5.74, 6) is 0. The maximum absolute atomic E-state index is 6.41. The summed E-state index contributed by atoms with van der Waals surface area (Å²) >= 11 is 6.41. The molecule has 0 radical (unpaired) electrons. The van der Waals surface area contributed by atoms with Crippen molar-refractivity contribution in [3.05, 3.63) is 88.9 Å². The van der Waals surface area contributed by atoms with Crippen molar-refractivity contribution in [2.24, 2.45) is 4.99 Å². The molecule has 2 aromatic carbocycles. The monoisotopic (exact) mass is 332 g/mol. The van der Waals surface area contributed by atoms with Crippen LogP contribution >= 0.6 is 11.6 Å². The average molecular weight is 333 g/mol. The predicted octanol–water partition coefficient (Wildman–Crippen LogP) is 5.23. The van der Waals surface area contributed by atoms with Gasteiger partial charge in [-0.05, 0) is 48.5 Å². The molecule has 5 rings (SSSR count). The normalized spacial score (nSPS) is 13.3. The molecule has 4 heteroatoms. The number of halogens is 1. The van der Waals surface area contributed by atoms with Crippen molar-refractivity contribution < 1.29 is 4.42 Å². The van der Waals surface area contributed by atoms with Gasteiger partial charge in [-0.15, -0.1) is 0 Å². The molecular weight excluding hydrogens is 320 g/mol. The van der Waals surface area contributed by atoms with E-state index in [9.17, 15) is 0 Å². The van der Waals surface area contributed by atoms with Gasteiger partial charge < -0.3 is 8.98 Å². The molecule has 0 atom stereocenters. The van der Waals surface area contributed by atoms with Crippen LogP contribution in [-0.4, -0.2) is 10.3 Å². The number of nitrogens with zero attached hydrogens (tertiary/aromatic N) is 2. The SMILES string of the molecule is Clc1cccc2c1CN=C(c1ccc3occc3c1)c1cccn1-2. The topological polar surface area (TPSA) is 30.4 Å². The highest BCUT2D eigenvalue weighted by molar-refractivity contribution is 6.31. The van der Waals surface area contributed by atoms with Crippen LogP contribution in [0.3, 0.4) is 0 Å². The van der Waals surface area contributed by atoms with E-state index in [4.69, 9.17) is 21.0 Å². The molecule has 1 aliphatic rings. The molecular formula is C20H13ClN2O. The predicted molar refractivity (Wildman–Crippen MR) is 96.3 cm³/mol. The lowest BCUT2D eigenvalue weighted by Gasteiger charge is -2.11. The largest absolute Gasteiger partial charge is 0.464 e. The second kappa shape index (κ2) is 5.11. The van der Waals surface area contributed by atoms with E-state index in [0.29, 0.717) is 6.54 Å². The summed E-state index contributed by atoms with van der Waals surface area (Å²) in [4.78, 5) is 4.88. The van der Waals surface area contributed by atoms with E-state index in [1.54, 1.807) is 6.26 Å². The van der Waals surface area contributed by atoms with Crippen LogP contribution in [0.4, 0.5) is 0 Å². The Labute approximate surface area is 143 Å². The lowest BCUT2D eigenvalue weighted by Crippen LogP contribution is -2.08. The molecule has 116 valence electrons. The fourth-order valence-corrected chi connectivity index (χ4v) is 3.53. The van der Waals surface area contributed by atoms with Crippen molar-refractivity contribution in [3.8, 4) is 5.69 Å². The Kier molecular flexibility index (Phi) is 2.91. The number of aliphatic imine (C=N–C) groups is 1. The Morgan fingerprint density at radius 1 is 1.04 bits per heavy atom. The first-order valence-electron chi connectivity index (χ1n) is 7.79. The van der Waals surface area contributed by atoms with Gasteiger partial charge in [0, 0.05) is 27.7 Å². The molecule has 0 N–H and O–H groups in total. The minimum atomic E-state index is 0.565. The number of furan rings is 1. The van der Waals surface area contributed by atoms with E-state index >= 15 is 0 Å². The molecule has 3 heterocycles. The molecule has 3 nitrogen and oxygen atoms in total. The smallest absolute Gasteiger partial charge is 0.133 e. The van der Waals surface area contributed by atoms with Crippen LogP contribution in [0.2, 0.25) is 5.02 Å². The third-order valence-electron chi connectivity index (χ3n) is 4.47. The molecule has 0 aliphatic carbocycles. The Morgan fingerprint density at radius 3 is 2.96 bits per heavy atom. The van der Waals surface area contributed by atoms with Gasteiger partial charge in [-0.2, -0.15) is 0 Å². The minimum absolute atomic E-state index is 0.565. The first-order chi connectivity index (χ1) is 11.8. The van der Waals surface area contributed by atoms with Crippen molar-refractivity contribution >= 4 is 28.3 Å². The van der Waals surface area contributed by atoms with E-state index < -0.39 is 0 Å². The first-order valence-corrected chi connectivity index (χ1v) is 8.16. The zero-order chi connectivity index (χ0) is 16.1. The number of benzene rings is 2. The van der Waals surface area contributed by atoms with Gasteiger partial charge in [0.25, 0.3) is 0 Å². The van der Waals surface area contributed by atoms with Gasteiger partial charge in [0.15, 0.2) is 0 Å². The molecule has 0 fully saturated rings. The van der Waals surface area contributed by atoms with Crippen molar-refractivity contribution in [3.63, 3.8) is 0 Å². The molecule has 24 heavy (non-hydrogen) atoms. The quantitative estimate of drug-likeness (QED) is 0.469. The number of rotatable bonds is 1. The highest BCUT2D eigenvalue weighted by Crippen LogP contribution is 2.30. The molecule has 1 aliphatic heterocycles. The number of fused-ring (bicyclic) bond motifs is 4. The fraction of sp³-hybridized carbons (Fsp3) is 0.0500. The summed E-state index contributed by atoms with van der Waals surface area (Å²) in [7, 11) is 0. The van der Waals surface area contributed by atoms with Crippen molar-refractivity contribution in [2.75, 3.05) is 0 Å². The molecule has 0 bridgehead atoms. The Balaban J connectivity index is 1.75. The molecule has 0 saturated heterocycles. The summed E-state index contributed by atoms with van der Waals surface area (Å²) in [5.41, 5.74) is 6.14. The van der Waals surface area contributed by atoms with Gasteiger partial charge in [0.1, 0.15) is 5.58 Å². The molecule has 4 aromatic rings. The van der Waals surface area contributed by atoms with Gasteiger partial charge in [0.05, 0.1) is 29.9 Å². The molecule has 2 aromatic heterocycles. The van der Waals surface area contributed by atoms with E-state index in [2.05, 4.69) is 35.0 Å². The zero-order valence-corrected chi connectivity index (χ0v) is 13.5. The van der Waals surface area contributed by atoms with Crippen LogP contribution in [0.25, 0.3) is 16.7 Å². The minimum Gasteiger partial charge on any atom is -0.464 e. The highest BCUT2D eigenvalue weighted by atomic mass is 35.5. The van der Waals surface area contributed by atoms with Crippen LogP contribution in [0.1, 0.15) is 16.8 Å². The summed E-state index contributed by atoms with van der Waals surface area (Å²) in [6, 6.07) is 18.3. The average Bonchev–Trinajstić information content (AvgIpc) is 3.22. The Hall–Kier alpha value is -2.78. The van der Waals surface area contributed by atoms with Crippen molar-refractivity contribution in [1.29, 1.82) is 0 Å². The van der Waals surface area contributed by atoms with Gasteiger partial charge >= 0.3 is 0 Å². The molecule has 0 spiro atoms. The Bertz CT molecular complexity index is 1100. The van der Waals surface area contributed by atoms with Crippen LogP contribution < -0.4 is 0 Å². The van der Waals surface area contributed by atoms with E-state index in [1.807, 2.05) is 30.3 Å². The van der Waals surface area contributed by atoms with Gasteiger partial charge in [-0.1, -0.05) is 17.7 Å². The number of hydrogen-bond acceptors (Lipinski definition) is 2. The number of aromatic nitrogens is 1. The fourth-order valence-electron chi connectivity index (χ4n) is 3.31. The Morgan fingerprint density at radius 2 is 2.00 bits per heavy atom. The number of hydrogen-bond donors (Lipinski definition) is 0. The van der Waals surface area contributed by atoms with Crippen LogP contribution in [0.5, 0.6) is 0 Å². The zero-order valence-electron chi connectivity index (χ0n) is 12.7. The van der Waals surface area contributed by atoms with Gasteiger partial charge in [-0.25, -0.2) is 0 Å². The van der Waals surface area contributed by atoms with E-state index in [0.717, 1.165) is 44.2 Å². The summed E-state index contributed by atoms with van der Waals surface area (Å²) < 4.78 is 7.60. The third-order valence-corrected chi connectivity index (χ3v) is 4.82. The summed E-state index contributed by atoms with van der Waals surface area (Å²) in [6.07, 6.45) is 3.77. The summed E-state index contributed by atoms with van der Waals surface area (Å²) in [5, 5.41) is 1.83. The van der Waals surface area contributed by atoms with Crippen LogP contribution in [-0.2, 0) is 6.54 Å². The van der Waals surface area contributed by atoms with E-state index in [1.165, 1.54) is 0 Å². The second-order valence-corrected chi connectivity index (χ2v) is 6.25. The van der Waals surface area contributed by atoms with Crippen LogP contribution in [0, 0.1) is 0 Å². The molecule has 0 unspecified atom stereocenters. The van der Waals surface area contributed by atoms with Gasteiger partial charge in [0.2, 0.25) is 0 Å². The standard InChI is InChI=1S/C20H13ClN2O/c21-16-3-1-4-17-15(16)12-22-20(18-5-2-9-23(17)18)14-6-7-19-13(11-14)8-10-24-19/h1-11H,12H2. The van der Waals surface area contributed by atoms with Crippen LogP contribution in [0.15, 0.2) is 76.5 Å². The lowest BCUT2D eigenvalue weighted by atomic mass is 10.1. The molecule has 0 saturated carbocycles. The maximum Gasteiger partial charge on any atom is 0.133 e. The van der Waals surface area contributed by atoms with Crippen molar-refractivity contribution in [1.82, 2.24) is 4.57 Å².